The third-order valence-corrected chi connectivity index (χ3v) is 5.88. The third-order valence-electron chi connectivity index (χ3n) is 4.92. The van der Waals surface area contributed by atoms with Crippen molar-refractivity contribution in [3.8, 4) is 11.1 Å². The summed E-state index contributed by atoms with van der Waals surface area (Å²) in [6.45, 7) is 1.11. The third kappa shape index (κ3) is 6.79. The van der Waals surface area contributed by atoms with Crippen LogP contribution in [0, 0.1) is 10.8 Å². The van der Waals surface area contributed by atoms with E-state index in [9.17, 15) is 19.2 Å². The molecule has 0 spiro atoms. The Kier molecular flexibility index (Phi) is 8.77. The van der Waals surface area contributed by atoms with Crippen molar-refractivity contribution in [2.24, 2.45) is 0 Å². The summed E-state index contributed by atoms with van der Waals surface area (Å²) < 4.78 is 0. The van der Waals surface area contributed by atoms with Crippen LogP contribution >= 0.6 is 34.8 Å². The molecular formula is C25H18Cl3N5O4. The van der Waals surface area contributed by atoms with Crippen LogP contribution in [0.15, 0.2) is 60.7 Å². The van der Waals surface area contributed by atoms with E-state index in [1.165, 1.54) is 18.2 Å². The Balaban J connectivity index is 1.70. The van der Waals surface area contributed by atoms with E-state index in [4.69, 9.17) is 45.6 Å². The smallest absolute Gasteiger partial charge is 0.279 e. The molecule has 0 aliphatic heterocycles. The quantitative estimate of drug-likeness (QED) is 0.184. The van der Waals surface area contributed by atoms with E-state index < -0.39 is 34.9 Å². The van der Waals surface area contributed by atoms with Crippen molar-refractivity contribution in [3.05, 3.63) is 75.7 Å². The molecule has 3 rings (SSSR count). The maximum absolute atomic E-state index is 12.4. The number of hydrogen-bond donors (Lipinski definition) is 5. The molecular weight excluding hydrogens is 541 g/mol. The summed E-state index contributed by atoms with van der Waals surface area (Å²) in [5.74, 6) is -3.48. The van der Waals surface area contributed by atoms with E-state index in [0.717, 1.165) is 6.92 Å². The highest BCUT2D eigenvalue weighted by Crippen LogP contribution is 2.32. The van der Waals surface area contributed by atoms with Crippen molar-refractivity contribution >= 4 is 86.8 Å². The molecule has 0 unspecified atom stereocenters. The number of anilines is 3. The van der Waals surface area contributed by atoms with Crippen LogP contribution in [0.3, 0.4) is 0 Å². The Labute approximate surface area is 226 Å². The molecule has 37 heavy (non-hydrogen) atoms. The molecule has 0 saturated carbocycles. The van der Waals surface area contributed by atoms with E-state index in [2.05, 4.69) is 16.0 Å². The number of carbonyl (C=O) groups excluding carboxylic acids is 4. The van der Waals surface area contributed by atoms with Gasteiger partial charge in [0.2, 0.25) is 0 Å². The molecule has 9 nitrogen and oxygen atoms in total. The van der Waals surface area contributed by atoms with Crippen molar-refractivity contribution in [3.63, 3.8) is 0 Å². The molecule has 3 aromatic rings. The van der Waals surface area contributed by atoms with E-state index in [-0.39, 0.29) is 32.1 Å². The number of hydrogen-bond acceptors (Lipinski definition) is 6. The Morgan fingerprint density at radius 2 is 1.00 bits per heavy atom. The average Bonchev–Trinajstić information content (AvgIpc) is 2.86. The fourth-order valence-corrected chi connectivity index (χ4v) is 3.61. The maximum atomic E-state index is 12.4. The number of amides is 3. The Bertz CT molecular complexity index is 1470. The number of rotatable bonds is 8. The molecule has 0 aliphatic carbocycles. The van der Waals surface area contributed by atoms with Gasteiger partial charge in [-0.05, 0) is 47.5 Å². The first-order chi connectivity index (χ1) is 17.5. The Morgan fingerprint density at radius 3 is 1.41 bits per heavy atom. The molecule has 5 N–H and O–H groups in total. The summed E-state index contributed by atoms with van der Waals surface area (Å²) >= 11 is 18.5. The molecule has 0 bridgehead atoms. The molecule has 0 radical (unpaired) electrons. The van der Waals surface area contributed by atoms with Gasteiger partial charge in [-0.15, -0.1) is 0 Å². The number of ketones is 1. The molecule has 0 atom stereocenters. The predicted octanol–water partition coefficient (Wildman–Crippen LogP) is 5.46. The summed E-state index contributed by atoms with van der Waals surface area (Å²) in [6, 6.07) is 15.8. The zero-order valence-electron chi connectivity index (χ0n) is 19.0. The van der Waals surface area contributed by atoms with Crippen LogP contribution in [-0.2, 0) is 19.2 Å². The second-order valence-electron chi connectivity index (χ2n) is 7.54. The van der Waals surface area contributed by atoms with Crippen LogP contribution in [0.1, 0.15) is 6.92 Å². The summed E-state index contributed by atoms with van der Waals surface area (Å²) in [6.07, 6.45) is 0. The van der Waals surface area contributed by atoms with E-state index in [0.29, 0.717) is 11.1 Å². The van der Waals surface area contributed by atoms with Gasteiger partial charge in [-0.3, -0.25) is 30.0 Å². The number of para-hydroxylation sites is 1. The number of benzene rings is 3. The number of halogens is 3. The van der Waals surface area contributed by atoms with Crippen molar-refractivity contribution in [1.29, 1.82) is 10.8 Å². The van der Waals surface area contributed by atoms with Crippen molar-refractivity contribution < 1.29 is 19.2 Å². The van der Waals surface area contributed by atoms with Gasteiger partial charge in [0.1, 0.15) is 0 Å². The standard InChI is InChI=1S/C25H18Cl3N5O4/c1-12(34)21(29)23(35)32-19-8-6-13(10-16(19)27)14-7-9-20(17(28)11-14)33-25(37)22(30)24(36)31-18-5-3-2-4-15(18)26/h2-11,29-30H,1H3,(H,31,36)(H,32,35)(H,33,37). The summed E-state index contributed by atoms with van der Waals surface area (Å²) in [5, 5.41) is 23.1. The fourth-order valence-electron chi connectivity index (χ4n) is 2.97. The van der Waals surface area contributed by atoms with Crippen LogP contribution in [0.2, 0.25) is 15.1 Å². The highest BCUT2D eigenvalue weighted by Gasteiger charge is 2.21. The highest BCUT2D eigenvalue weighted by molar-refractivity contribution is 6.68. The highest BCUT2D eigenvalue weighted by atomic mass is 35.5. The van der Waals surface area contributed by atoms with Gasteiger partial charge in [0.25, 0.3) is 17.7 Å². The molecule has 3 aromatic carbocycles. The monoisotopic (exact) mass is 557 g/mol. The van der Waals surface area contributed by atoms with Gasteiger partial charge >= 0.3 is 0 Å². The lowest BCUT2D eigenvalue weighted by Crippen LogP contribution is -2.33. The first-order valence-corrected chi connectivity index (χ1v) is 11.6. The van der Waals surface area contributed by atoms with Gasteiger partial charge in [0.15, 0.2) is 17.2 Å². The Hall–Kier alpha value is -4.05. The summed E-state index contributed by atoms with van der Waals surface area (Å²) in [4.78, 5) is 47.8. The summed E-state index contributed by atoms with van der Waals surface area (Å²) in [7, 11) is 0. The largest absolute Gasteiger partial charge is 0.319 e. The minimum atomic E-state index is -0.974. The lowest BCUT2D eigenvalue weighted by molar-refractivity contribution is -0.116. The molecule has 0 saturated heterocycles. The second kappa shape index (κ2) is 11.8. The van der Waals surface area contributed by atoms with Crippen LogP contribution < -0.4 is 16.0 Å². The van der Waals surface area contributed by atoms with Gasteiger partial charge in [0, 0.05) is 6.92 Å². The topological polar surface area (TPSA) is 152 Å². The van der Waals surface area contributed by atoms with Crippen molar-refractivity contribution in [2.75, 3.05) is 16.0 Å². The molecule has 0 aliphatic rings. The molecule has 0 aromatic heterocycles. The molecule has 0 fully saturated rings. The zero-order valence-corrected chi connectivity index (χ0v) is 21.3. The zero-order chi connectivity index (χ0) is 27.3. The van der Waals surface area contributed by atoms with E-state index in [1.54, 1.807) is 42.5 Å². The normalized spacial score (nSPS) is 10.3. The van der Waals surface area contributed by atoms with E-state index >= 15 is 0 Å². The lowest BCUT2D eigenvalue weighted by atomic mass is 10.0. The van der Waals surface area contributed by atoms with Gasteiger partial charge in [-0.1, -0.05) is 59.1 Å². The van der Waals surface area contributed by atoms with Gasteiger partial charge in [0.05, 0.1) is 32.1 Å². The summed E-state index contributed by atoms with van der Waals surface area (Å²) in [5.41, 5.74) is 0.340. The fraction of sp³-hybridized carbons (Fsp3) is 0.0400. The Morgan fingerprint density at radius 1 is 0.595 bits per heavy atom. The lowest BCUT2D eigenvalue weighted by Gasteiger charge is -2.12. The van der Waals surface area contributed by atoms with Crippen LogP contribution in [-0.4, -0.2) is 34.9 Å². The minimum absolute atomic E-state index is 0.133. The number of carbonyl (C=O) groups is 4. The van der Waals surface area contributed by atoms with E-state index in [1.807, 2.05) is 0 Å². The molecule has 188 valence electrons. The predicted molar refractivity (Wildman–Crippen MR) is 145 cm³/mol. The molecule has 0 heterocycles. The van der Waals surface area contributed by atoms with Crippen molar-refractivity contribution in [2.45, 2.75) is 6.92 Å². The van der Waals surface area contributed by atoms with Gasteiger partial charge < -0.3 is 16.0 Å². The van der Waals surface area contributed by atoms with Crippen LogP contribution in [0.5, 0.6) is 0 Å². The number of nitrogens with one attached hydrogen (secondary N) is 5. The van der Waals surface area contributed by atoms with Crippen molar-refractivity contribution in [1.82, 2.24) is 0 Å². The maximum Gasteiger partial charge on any atom is 0.279 e. The second-order valence-corrected chi connectivity index (χ2v) is 8.76. The number of Topliss-reactive ketones (excluding diaryl/α,β-unsaturated/α-hetero) is 1. The molecule has 12 heteroatoms. The van der Waals surface area contributed by atoms with Gasteiger partial charge in [-0.2, -0.15) is 0 Å². The molecule has 3 amide bonds. The van der Waals surface area contributed by atoms with Crippen LogP contribution in [0.25, 0.3) is 11.1 Å². The SMILES string of the molecule is CC(=O)C(=N)C(=O)Nc1ccc(-c2ccc(NC(=O)C(=N)C(=O)Nc3ccccc3Cl)c(Cl)c2)cc1Cl. The first kappa shape index (κ1) is 27.5. The van der Waals surface area contributed by atoms with Gasteiger partial charge in [-0.25, -0.2) is 0 Å². The average molecular weight is 559 g/mol. The first-order valence-electron chi connectivity index (χ1n) is 10.4. The minimum Gasteiger partial charge on any atom is -0.319 e. The van der Waals surface area contributed by atoms with Crippen LogP contribution in [0.4, 0.5) is 17.1 Å².